The number of fused-ring (bicyclic) bond motifs is 5. The zero-order valence-electron chi connectivity index (χ0n) is 27.3. The van der Waals surface area contributed by atoms with Crippen molar-refractivity contribution in [2.24, 2.45) is 11.1 Å². The average Bonchev–Trinajstić information content (AvgIpc) is 3.37. The molecule has 2 aromatic carbocycles. The van der Waals surface area contributed by atoms with Crippen LogP contribution in [-0.4, -0.2) is 65.6 Å². The zero-order chi connectivity index (χ0) is 33.3. The van der Waals surface area contributed by atoms with Gasteiger partial charge in [0.15, 0.2) is 0 Å². The van der Waals surface area contributed by atoms with Crippen LogP contribution in [0.15, 0.2) is 76.5 Å². The van der Waals surface area contributed by atoms with Gasteiger partial charge >= 0.3 is 12.1 Å². The van der Waals surface area contributed by atoms with E-state index in [4.69, 9.17) is 14.6 Å². The van der Waals surface area contributed by atoms with Gasteiger partial charge in [0, 0.05) is 53.4 Å². The molecule has 1 amide bonds. The van der Waals surface area contributed by atoms with Crippen LogP contribution >= 0.6 is 15.9 Å². The van der Waals surface area contributed by atoms with Gasteiger partial charge in [-0.3, -0.25) is 0 Å². The van der Waals surface area contributed by atoms with Crippen LogP contribution in [0.2, 0.25) is 0 Å². The molecule has 2 aliphatic rings. The molecule has 0 bridgehead atoms. The molecule has 0 spiro atoms. The maximum atomic E-state index is 13.5. The summed E-state index contributed by atoms with van der Waals surface area (Å²) < 4.78 is 6.36. The van der Waals surface area contributed by atoms with Gasteiger partial charge in [-0.25, -0.2) is 19.6 Å². The first-order valence-corrected chi connectivity index (χ1v) is 16.7. The van der Waals surface area contributed by atoms with Gasteiger partial charge in [-0.05, 0) is 69.0 Å². The summed E-state index contributed by atoms with van der Waals surface area (Å²) in [6.07, 6.45) is 1.49. The zero-order valence-corrected chi connectivity index (χ0v) is 28.9. The number of benzene rings is 2. The molecule has 0 radical (unpaired) electrons. The molecule has 1 saturated heterocycles. The van der Waals surface area contributed by atoms with Gasteiger partial charge in [-0.15, -0.1) is 0 Å². The summed E-state index contributed by atoms with van der Waals surface area (Å²) in [7, 11) is 0. The SMILES string of the molecule is CC(C)C[C@H](NC(=O)OC(C)(C)C)C(=O)O/N=C1\c2ccccc2-c2c1c(N1CCN(c3ccccn3)CC1)nc1ccc(Br)cc21. The van der Waals surface area contributed by atoms with Gasteiger partial charge in [-0.2, -0.15) is 0 Å². The second kappa shape index (κ2) is 13.3. The highest BCUT2D eigenvalue weighted by molar-refractivity contribution is 9.10. The number of piperazine rings is 1. The van der Waals surface area contributed by atoms with Crippen LogP contribution < -0.4 is 15.1 Å². The monoisotopic (exact) mass is 698 g/mol. The number of pyridine rings is 2. The highest BCUT2D eigenvalue weighted by Gasteiger charge is 2.35. The molecular formula is C36H39BrN6O4. The molecular weight excluding hydrogens is 660 g/mol. The smallest absolute Gasteiger partial charge is 0.408 e. The Morgan fingerprint density at radius 3 is 2.34 bits per heavy atom. The Morgan fingerprint density at radius 1 is 0.957 bits per heavy atom. The number of alkyl carbamates (subject to hydrolysis) is 1. The van der Waals surface area contributed by atoms with Crippen LogP contribution in [0.1, 0.15) is 52.2 Å². The largest absolute Gasteiger partial charge is 0.444 e. The van der Waals surface area contributed by atoms with E-state index in [9.17, 15) is 9.59 Å². The number of anilines is 2. The maximum Gasteiger partial charge on any atom is 0.408 e. The van der Waals surface area contributed by atoms with E-state index in [0.717, 1.165) is 75.4 Å². The van der Waals surface area contributed by atoms with Crippen LogP contribution in [0.5, 0.6) is 0 Å². The molecule has 1 atom stereocenters. The average molecular weight is 700 g/mol. The fraction of sp³-hybridized carbons (Fsp3) is 0.361. The minimum atomic E-state index is -0.935. The Bertz CT molecular complexity index is 1830. The summed E-state index contributed by atoms with van der Waals surface area (Å²) in [6, 6.07) is 19.1. The van der Waals surface area contributed by atoms with Gasteiger partial charge in [0.2, 0.25) is 0 Å². The van der Waals surface area contributed by atoms with Crippen molar-refractivity contribution in [3.63, 3.8) is 0 Å². The summed E-state index contributed by atoms with van der Waals surface area (Å²) in [6.45, 7) is 12.2. The van der Waals surface area contributed by atoms with E-state index < -0.39 is 23.7 Å². The number of rotatable bonds is 7. The first-order valence-electron chi connectivity index (χ1n) is 15.9. The lowest BCUT2D eigenvalue weighted by atomic mass is 10.0. The fourth-order valence-corrected chi connectivity index (χ4v) is 6.43. The molecule has 0 unspecified atom stereocenters. The summed E-state index contributed by atoms with van der Waals surface area (Å²) in [5.74, 6) is 1.18. The second-order valence-electron chi connectivity index (χ2n) is 13.2. The first-order chi connectivity index (χ1) is 22.5. The Kier molecular flexibility index (Phi) is 9.18. The van der Waals surface area contributed by atoms with E-state index in [1.54, 1.807) is 20.8 Å². The van der Waals surface area contributed by atoms with Crippen molar-refractivity contribution in [2.45, 2.75) is 52.7 Å². The molecule has 6 rings (SSSR count). The Morgan fingerprint density at radius 2 is 1.66 bits per heavy atom. The number of nitrogens with one attached hydrogen (secondary N) is 1. The standard InChI is InChI=1S/C36H39BrN6O4/c1-22(2)20-28(40-35(45)46-36(3,4)5)34(44)47-41-32-25-11-7-6-10-24(25)30-26-21-23(37)13-14-27(26)39-33(31(30)32)43-18-16-42(17-19-43)29-12-8-9-15-38-29/h6-15,21-22,28H,16-20H2,1-5H3,(H,40,45)/b41-32+/t28-/m0/s1. The number of halogens is 1. The lowest BCUT2D eigenvalue weighted by Crippen LogP contribution is -2.47. The molecule has 1 N–H and O–H groups in total. The quantitative estimate of drug-likeness (QED) is 0.144. The van der Waals surface area contributed by atoms with E-state index in [0.29, 0.717) is 12.1 Å². The minimum absolute atomic E-state index is 0.105. The Hall–Kier alpha value is -4.51. The fourth-order valence-electron chi connectivity index (χ4n) is 6.07. The summed E-state index contributed by atoms with van der Waals surface area (Å²) in [4.78, 5) is 46.1. The molecule has 3 heterocycles. The van der Waals surface area contributed by atoms with E-state index in [1.165, 1.54) is 0 Å². The third kappa shape index (κ3) is 7.10. The molecule has 1 fully saturated rings. The number of hydrogen-bond acceptors (Lipinski definition) is 9. The number of carbonyl (C=O) groups is 2. The van der Waals surface area contributed by atoms with Gasteiger partial charge in [0.25, 0.3) is 0 Å². The van der Waals surface area contributed by atoms with E-state index in [1.807, 2.05) is 68.6 Å². The molecule has 1 aliphatic carbocycles. The van der Waals surface area contributed by atoms with Crippen LogP contribution in [0.4, 0.5) is 16.4 Å². The van der Waals surface area contributed by atoms with Crippen LogP contribution in [0.3, 0.4) is 0 Å². The molecule has 244 valence electrons. The predicted octanol–water partition coefficient (Wildman–Crippen LogP) is 6.93. The first kappa shape index (κ1) is 32.4. The van der Waals surface area contributed by atoms with Crippen molar-refractivity contribution in [3.05, 3.63) is 82.5 Å². The number of amides is 1. The van der Waals surface area contributed by atoms with Crippen LogP contribution in [0, 0.1) is 5.92 Å². The van der Waals surface area contributed by atoms with Gasteiger partial charge in [0.05, 0.1) is 11.1 Å². The molecule has 11 heteroatoms. The van der Waals surface area contributed by atoms with Crippen molar-refractivity contribution in [1.29, 1.82) is 0 Å². The molecule has 47 heavy (non-hydrogen) atoms. The third-order valence-electron chi connectivity index (χ3n) is 8.08. The number of oxime groups is 1. The summed E-state index contributed by atoms with van der Waals surface area (Å²) in [5.41, 5.74) is 4.32. The van der Waals surface area contributed by atoms with Gasteiger partial charge < -0.3 is 24.7 Å². The van der Waals surface area contributed by atoms with E-state index in [-0.39, 0.29) is 5.92 Å². The number of carbonyl (C=O) groups excluding carboxylic acids is 2. The van der Waals surface area contributed by atoms with Gasteiger partial charge in [-0.1, -0.05) is 65.3 Å². The Balaban J connectivity index is 1.39. The number of ether oxygens (including phenoxy) is 1. The van der Waals surface area contributed by atoms with Crippen LogP contribution in [-0.2, 0) is 14.4 Å². The summed E-state index contributed by atoms with van der Waals surface area (Å²) >= 11 is 3.65. The van der Waals surface area contributed by atoms with Crippen molar-refractivity contribution < 1.29 is 19.2 Å². The lowest BCUT2D eigenvalue weighted by molar-refractivity contribution is -0.146. The van der Waals surface area contributed by atoms with E-state index >= 15 is 0 Å². The number of hydrogen-bond donors (Lipinski definition) is 1. The van der Waals surface area contributed by atoms with Crippen LogP contribution in [0.25, 0.3) is 22.0 Å². The van der Waals surface area contributed by atoms with Crippen molar-refractivity contribution in [3.8, 4) is 11.1 Å². The molecule has 10 nitrogen and oxygen atoms in total. The highest BCUT2D eigenvalue weighted by atomic mass is 79.9. The van der Waals surface area contributed by atoms with E-state index in [2.05, 4.69) is 53.3 Å². The second-order valence-corrected chi connectivity index (χ2v) is 14.1. The Labute approximate surface area is 283 Å². The molecule has 1 aliphatic heterocycles. The topological polar surface area (TPSA) is 109 Å². The normalized spacial score (nSPS) is 15.9. The molecule has 0 saturated carbocycles. The highest BCUT2D eigenvalue weighted by Crippen LogP contribution is 2.46. The van der Waals surface area contributed by atoms with Gasteiger partial charge in [0.1, 0.15) is 29.0 Å². The van der Waals surface area contributed by atoms with Crippen molar-refractivity contribution in [1.82, 2.24) is 15.3 Å². The van der Waals surface area contributed by atoms with Crippen molar-refractivity contribution >= 4 is 56.2 Å². The molecule has 4 aromatic rings. The lowest BCUT2D eigenvalue weighted by Gasteiger charge is -2.37. The maximum absolute atomic E-state index is 13.5. The predicted molar refractivity (Wildman–Crippen MR) is 188 cm³/mol. The number of aromatic nitrogens is 2. The number of nitrogens with zero attached hydrogens (tertiary/aromatic N) is 5. The summed E-state index contributed by atoms with van der Waals surface area (Å²) in [5, 5.41) is 8.20. The minimum Gasteiger partial charge on any atom is -0.444 e. The third-order valence-corrected chi connectivity index (χ3v) is 8.57. The van der Waals surface area contributed by atoms with Crippen molar-refractivity contribution in [2.75, 3.05) is 36.0 Å². The molecule has 2 aromatic heterocycles.